The van der Waals surface area contributed by atoms with E-state index in [1.807, 2.05) is 12.1 Å². The molecule has 0 fully saturated rings. The zero-order valence-electron chi connectivity index (χ0n) is 22.2. The lowest BCUT2D eigenvalue weighted by molar-refractivity contribution is -0.118. The van der Waals surface area contributed by atoms with Gasteiger partial charge >= 0.3 is 0 Å². The van der Waals surface area contributed by atoms with Gasteiger partial charge in [-0.15, -0.1) is 0 Å². The maximum absolute atomic E-state index is 12.5. The topological polar surface area (TPSA) is 187 Å². The molecule has 210 valence electrons. The van der Waals surface area contributed by atoms with E-state index in [0.717, 1.165) is 11.1 Å². The first-order valence-corrected chi connectivity index (χ1v) is 12.4. The van der Waals surface area contributed by atoms with Crippen LogP contribution in [0.4, 0.5) is 0 Å². The highest BCUT2D eigenvalue weighted by molar-refractivity contribution is 5.98. The minimum absolute atomic E-state index is 0.121. The standard InChI is InChI=1S/C32H26N4O6/c33-17-25(8-2-4-21-10-12-27(37)29(39)15-21)31(41)35-19-23-6-1-7-24(14-23)20-36-32(42)26(18-34)9-3-5-22-11-13-28(38)30(40)16-22/h1-16,37-40H,19-20H2,(H,35,41)(H,36,42). The van der Waals surface area contributed by atoms with Crippen LogP contribution in [0.5, 0.6) is 23.0 Å². The Kier molecular flexibility index (Phi) is 10.7. The molecule has 6 N–H and O–H groups in total. The molecule has 3 aromatic rings. The molecule has 0 unspecified atom stereocenters. The second-order valence-corrected chi connectivity index (χ2v) is 8.78. The van der Waals surface area contributed by atoms with Crippen LogP contribution in [0.1, 0.15) is 22.3 Å². The zero-order chi connectivity index (χ0) is 30.5. The van der Waals surface area contributed by atoms with Gasteiger partial charge in [-0.25, -0.2) is 0 Å². The highest BCUT2D eigenvalue weighted by atomic mass is 16.3. The average Bonchev–Trinajstić information content (AvgIpc) is 2.99. The lowest BCUT2D eigenvalue weighted by Crippen LogP contribution is -2.25. The van der Waals surface area contributed by atoms with Crippen LogP contribution in [0.25, 0.3) is 12.2 Å². The van der Waals surface area contributed by atoms with Gasteiger partial charge in [-0.1, -0.05) is 60.7 Å². The Balaban J connectivity index is 1.55. The van der Waals surface area contributed by atoms with E-state index in [1.54, 1.807) is 48.6 Å². The molecular formula is C32H26N4O6. The van der Waals surface area contributed by atoms with E-state index in [0.29, 0.717) is 11.1 Å². The number of nitrogens with zero attached hydrogens (tertiary/aromatic N) is 2. The first-order valence-electron chi connectivity index (χ1n) is 12.4. The molecule has 42 heavy (non-hydrogen) atoms. The molecule has 0 aliphatic carbocycles. The van der Waals surface area contributed by atoms with Gasteiger partial charge in [-0.2, -0.15) is 10.5 Å². The summed E-state index contributed by atoms with van der Waals surface area (Å²) in [7, 11) is 0. The maximum Gasteiger partial charge on any atom is 0.262 e. The molecule has 0 aliphatic rings. The Labute approximate surface area is 241 Å². The molecular weight excluding hydrogens is 536 g/mol. The molecule has 10 nitrogen and oxygen atoms in total. The van der Waals surface area contributed by atoms with Gasteiger partial charge in [0.15, 0.2) is 23.0 Å². The second kappa shape index (κ2) is 14.8. The van der Waals surface area contributed by atoms with Crippen LogP contribution in [0.15, 0.2) is 96.1 Å². The smallest absolute Gasteiger partial charge is 0.262 e. The molecule has 0 heterocycles. The number of hydrogen-bond acceptors (Lipinski definition) is 8. The van der Waals surface area contributed by atoms with E-state index in [-0.39, 0.29) is 47.2 Å². The predicted octanol–water partition coefficient (Wildman–Crippen LogP) is 4.07. The number of aromatic hydroxyl groups is 4. The van der Waals surface area contributed by atoms with Gasteiger partial charge in [0.1, 0.15) is 23.3 Å². The fourth-order valence-corrected chi connectivity index (χ4v) is 3.53. The molecule has 3 rings (SSSR count). The summed E-state index contributed by atoms with van der Waals surface area (Å²) < 4.78 is 0. The molecule has 0 aliphatic heterocycles. The minimum atomic E-state index is -0.589. The van der Waals surface area contributed by atoms with Crippen molar-refractivity contribution in [3.8, 4) is 35.1 Å². The summed E-state index contributed by atoms with van der Waals surface area (Å²) in [5, 5.41) is 61.9. The summed E-state index contributed by atoms with van der Waals surface area (Å²) in [5.41, 5.74) is 2.30. The van der Waals surface area contributed by atoms with Gasteiger partial charge < -0.3 is 31.1 Å². The normalized spacial score (nSPS) is 11.7. The van der Waals surface area contributed by atoms with E-state index in [4.69, 9.17) is 0 Å². The fourth-order valence-electron chi connectivity index (χ4n) is 3.53. The van der Waals surface area contributed by atoms with Crippen LogP contribution in [0.3, 0.4) is 0 Å². The molecule has 3 aromatic carbocycles. The van der Waals surface area contributed by atoms with Crippen molar-refractivity contribution >= 4 is 24.0 Å². The highest BCUT2D eigenvalue weighted by Crippen LogP contribution is 2.26. The Bertz CT molecular complexity index is 1570. The largest absolute Gasteiger partial charge is 0.504 e. The quantitative estimate of drug-likeness (QED) is 0.0923. The fraction of sp³-hybridized carbons (Fsp3) is 0.0625. The molecule has 0 saturated heterocycles. The van der Waals surface area contributed by atoms with E-state index < -0.39 is 11.8 Å². The number of phenolic OH excluding ortho intramolecular Hbond substituents is 4. The Hall–Kier alpha value is -6.26. The van der Waals surface area contributed by atoms with E-state index in [9.17, 15) is 40.5 Å². The van der Waals surface area contributed by atoms with Crippen molar-refractivity contribution in [2.24, 2.45) is 0 Å². The lowest BCUT2D eigenvalue weighted by Gasteiger charge is -2.08. The Morgan fingerprint density at radius 3 is 1.45 bits per heavy atom. The first-order chi connectivity index (χ1) is 20.2. The number of benzene rings is 3. The van der Waals surface area contributed by atoms with Crippen molar-refractivity contribution < 1.29 is 30.0 Å². The number of amides is 2. The summed E-state index contributed by atoms with van der Waals surface area (Å²) >= 11 is 0. The summed E-state index contributed by atoms with van der Waals surface area (Å²) in [5.74, 6) is -2.26. The molecule has 0 radical (unpaired) electrons. The van der Waals surface area contributed by atoms with Crippen LogP contribution in [0, 0.1) is 22.7 Å². The predicted molar refractivity (Wildman–Crippen MR) is 155 cm³/mol. The average molecular weight is 563 g/mol. The third kappa shape index (κ3) is 8.90. The van der Waals surface area contributed by atoms with Crippen LogP contribution >= 0.6 is 0 Å². The molecule has 0 bridgehead atoms. The summed E-state index contributed by atoms with van der Waals surface area (Å²) in [6, 6.07) is 19.2. The highest BCUT2D eigenvalue weighted by Gasteiger charge is 2.10. The Morgan fingerprint density at radius 2 is 1.07 bits per heavy atom. The van der Waals surface area contributed by atoms with Crippen molar-refractivity contribution in [2.45, 2.75) is 13.1 Å². The van der Waals surface area contributed by atoms with E-state index in [1.165, 1.54) is 48.6 Å². The summed E-state index contributed by atoms with van der Waals surface area (Å²) in [6.07, 6.45) is 8.74. The van der Waals surface area contributed by atoms with Gasteiger partial charge in [-0.3, -0.25) is 9.59 Å². The number of hydrogen-bond donors (Lipinski definition) is 6. The van der Waals surface area contributed by atoms with Crippen LogP contribution in [-0.2, 0) is 22.7 Å². The van der Waals surface area contributed by atoms with Crippen LogP contribution in [0.2, 0.25) is 0 Å². The Morgan fingerprint density at radius 1 is 0.643 bits per heavy atom. The number of phenols is 4. The third-order valence-electron chi connectivity index (χ3n) is 5.73. The van der Waals surface area contributed by atoms with Crippen molar-refractivity contribution in [1.29, 1.82) is 10.5 Å². The van der Waals surface area contributed by atoms with Gasteiger partial charge in [0.2, 0.25) is 0 Å². The molecule has 0 atom stereocenters. The zero-order valence-corrected chi connectivity index (χ0v) is 22.2. The van der Waals surface area contributed by atoms with E-state index in [2.05, 4.69) is 10.6 Å². The number of nitriles is 2. The molecule has 0 aromatic heterocycles. The van der Waals surface area contributed by atoms with Crippen LogP contribution < -0.4 is 10.6 Å². The lowest BCUT2D eigenvalue weighted by atomic mass is 10.1. The third-order valence-corrected chi connectivity index (χ3v) is 5.73. The van der Waals surface area contributed by atoms with Gasteiger partial charge in [0, 0.05) is 13.1 Å². The van der Waals surface area contributed by atoms with Gasteiger partial charge in [0.25, 0.3) is 11.8 Å². The monoisotopic (exact) mass is 562 g/mol. The number of allylic oxidation sites excluding steroid dienone is 4. The van der Waals surface area contributed by atoms with Gasteiger partial charge in [-0.05, 0) is 58.7 Å². The van der Waals surface area contributed by atoms with Crippen molar-refractivity contribution in [3.63, 3.8) is 0 Å². The summed E-state index contributed by atoms with van der Waals surface area (Å²) in [6.45, 7) is 0.242. The maximum atomic E-state index is 12.5. The van der Waals surface area contributed by atoms with Crippen LogP contribution in [-0.4, -0.2) is 32.2 Å². The van der Waals surface area contributed by atoms with Crippen molar-refractivity contribution in [3.05, 3.63) is 118 Å². The summed E-state index contributed by atoms with van der Waals surface area (Å²) in [4.78, 5) is 24.9. The number of carbonyl (C=O) groups is 2. The molecule has 0 spiro atoms. The first kappa shape index (κ1) is 30.3. The molecule has 10 heteroatoms. The molecule has 0 saturated carbocycles. The molecule has 2 amide bonds. The van der Waals surface area contributed by atoms with Crippen molar-refractivity contribution in [1.82, 2.24) is 10.6 Å². The van der Waals surface area contributed by atoms with E-state index >= 15 is 0 Å². The van der Waals surface area contributed by atoms with Gasteiger partial charge in [0.05, 0.1) is 0 Å². The number of nitrogens with one attached hydrogen (secondary N) is 2. The van der Waals surface area contributed by atoms with Crippen molar-refractivity contribution in [2.75, 3.05) is 0 Å². The number of rotatable bonds is 10. The number of carbonyl (C=O) groups excluding carboxylic acids is 2. The minimum Gasteiger partial charge on any atom is -0.504 e. The SMILES string of the molecule is N#CC(=CC=Cc1ccc(O)c(O)c1)C(=O)NCc1cccc(CNC(=O)C(C#N)=CC=Cc2ccc(O)c(O)c2)c1. The second-order valence-electron chi connectivity index (χ2n) is 8.78.